The van der Waals surface area contributed by atoms with Crippen molar-refractivity contribution in [3.8, 4) is 44.5 Å². The molecule has 0 atom stereocenters. The summed E-state index contributed by atoms with van der Waals surface area (Å²) in [5, 5.41) is 15.1. The molecule has 0 amide bonds. The van der Waals surface area contributed by atoms with Crippen LogP contribution in [0, 0.1) is 0 Å². The van der Waals surface area contributed by atoms with Crippen molar-refractivity contribution in [3.05, 3.63) is 200 Å². The van der Waals surface area contributed by atoms with Crippen LogP contribution in [0.1, 0.15) is 0 Å². The highest BCUT2D eigenvalue weighted by Gasteiger charge is 2.21. The molecule has 0 fully saturated rings. The van der Waals surface area contributed by atoms with E-state index in [0.717, 1.165) is 0 Å². The van der Waals surface area contributed by atoms with Gasteiger partial charge in [0.15, 0.2) is 0 Å². The molecule has 0 aliphatic carbocycles. The maximum Gasteiger partial charge on any atom is 0.0273 e. The second kappa shape index (κ2) is 12.3. The van der Waals surface area contributed by atoms with Crippen LogP contribution in [0.3, 0.4) is 0 Å². The van der Waals surface area contributed by atoms with E-state index in [4.69, 9.17) is 0 Å². The van der Waals surface area contributed by atoms with E-state index in [0.29, 0.717) is 0 Å². The zero-order chi connectivity index (χ0) is 35.6. The molecular weight excluding hydrogens is 651 g/mol. The van der Waals surface area contributed by atoms with Crippen LogP contribution < -0.4 is 0 Å². The number of rotatable bonds is 4. The molecule has 0 saturated heterocycles. The molecule has 0 aliphatic heterocycles. The van der Waals surface area contributed by atoms with Crippen LogP contribution >= 0.6 is 0 Å². The van der Waals surface area contributed by atoms with E-state index in [2.05, 4.69) is 193 Å². The number of pyridine rings is 1. The van der Waals surface area contributed by atoms with Gasteiger partial charge in [0.25, 0.3) is 0 Å². The predicted molar refractivity (Wildman–Crippen MR) is 231 cm³/mol. The van der Waals surface area contributed by atoms with Gasteiger partial charge < -0.3 is 0 Å². The Balaban J connectivity index is 1.28. The second-order valence-electron chi connectivity index (χ2n) is 14.3. The van der Waals surface area contributed by atoms with Gasteiger partial charge in [-0.2, -0.15) is 0 Å². The standard InChI is InChI=1S/C53H33N/c1-3-13-40-38(11-1)32-49(44-17-7-5-15-42(40)44)52-46-19-9-10-20-47(46)53(50-33-39-12-2-4-14-41(39)43-16-6-8-18-45(43)50)51-31-37(25-26-48(51)52)35-23-21-34(22-24-35)36-27-29-54-30-28-36/h1-33H. The molecule has 0 radical (unpaired) electrons. The largest absolute Gasteiger partial charge is 0.265 e. The first-order chi connectivity index (χ1) is 26.8. The number of nitrogens with zero attached hydrogens (tertiary/aromatic N) is 1. The first-order valence-electron chi connectivity index (χ1n) is 18.6. The Hall–Kier alpha value is -7.09. The monoisotopic (exact) mass is 683 g/mol. The highest BCUT2D eigenvalue weighted by molar-refractivity contribution is 6.28. The Morgan fingerprint density at radius 2 is 0.611 bits per heavy atom. The van der Waals surface area contributed by atoms with Crippen molar-refractivity contribution >= 4 is 64.6 Å². The number of aromatic nitrogens is 1. The summed E-state index contributed by atoms with van der Waals surface area (Å²) in [4.78, 5) is 4.22. The van der Waals surface area contributed by atoms with Gasteiger partial charge in [-0.3, -0.25) is 4.98 Å². The van der Waals surface area contributed by atoms with Crippen LogP contribution in [0.5, 0.6) is 0 Å². The van der Waals surface area contributed by atoms with Gasteiger partial charge in [0, 0.05) is 12.4 Å². The normalized spacial score (nSPS) is 11.7. The quantitative estimate of drug-likeness (QED) is 0.133. The Bertz CT molecular complexity index is 3250. The maximum absolute atomic E-state index is 4.22. The molecule has 0 spiro atoms. The summed E-state index contributed by atoms with van der Waals surface area (Å²) < 4.78 is 0. The average Bonchev–Trinajstić information content (AvgIpc) is 3.25. The number of fused-ring (bicyclic) bond motifs is 8. The molecule has 54 heavy (non-hydrogen) atoms. The maximum atomic E-state index is 4.22. The summed E-state index contributed by atoms with van der Waals surface area (Å²) in [5.74, 6) is 0. The van der Waals surface area contributed by atoms with Gasteiger partial charge in [0.2, 0.25) is 0 Å². The van der Waals surface area contributed by atoms with E-state index in [1.165, 1.54) is 109 Å². The predicted octanol–water partition coefficient (Wildman–Crippen LogP) is 14.7. The third-order valence-electron chi connectivity index (χ3n) is 11.3. The summed E-state index contributed by atoms with van der Waals surface area (Å²) in [6.45, 7) is 0. The highest BCUT2D eigenvalue weighted by Crippen LogP contribution is 2.49. The van der Waals surface area contributed by atoms with Gasteiger partial charge in [-0.1, -0.05) is 158 Å². The van der Waals surface area contributed by atoms with Crippen molar-refractivity contribution in [2.45, 2.75) is 0 Å². The van der Waals surface area contributed by atoms with Crippen molar-refractivity contribution in [1.82, 2.24) is 4.98 Å². The minimum Gasteiger partial charge on any atom is -0.265 e. The lowest BCUT2D eigenvalue weighted by molar-refractivity contribution is 1.33. The van der Waals surface area contributed by atoms with Crippen molar-refractivity contribution < 1.29 is 0 Å². The molecule has 11 rings (SSSR count). The lowest BCUT2D eigenvalue weighted by atomic mass is 9.81. The van der Waals surface area contributed by atoms with Crippen molar-refractivity contribution in [2.75, 3.05) is 0 Å². The molecule has 0 aliphatic rings. The van der Waals surface area contributed by atoms with Crippen LogP contribution in [0.4, 0.5) is 0 Å². The summed E-state index contributed by atoms with van der Waals surface area (Å²) in [5.41, 5.74) is 9.79. The Kier molecular flexibility index (Phi) is 6.93. The molecule has 1 aromatic heterocycles. The lowest BCUT2D eigenvalue weighted by Gasteiger charge is -2.21. The van der Waals surface area contributed by atoms with Crippen LogP contribution in [-0.4, -0.2) is 4.98 Å². The van der Waals surface area contributed by atoms with E-state index in [1.54, 1.807) is 0 Å². The summed E-state index contributed by atoms with van der Waals surface area (Å²) in [6, 6.07) is 69.5. The molecule has 0 unspecified atom stereocenters. The molecule has 11 aromatic rings. The number of benzene rings is 10. The molecule has 1 heterocycles. The van der Waals surface area contributed by atoms with Crippen molar-refractivity contribution in [2.24, 2.45) is 0 Å². The summed E-state index contributed by atoms with van der Waals surface area (Å²) in [7, 11) is 0. The van der Waals surface area contributed by atoms with Crippen LogP contribution in [0.25, 0.3) is 109 Å². The van der Waals surface area contributed by atoms with Gasteiger partial charge in [0.05, 0.1) is 0 Å². The minimum absolute atomic E-state index is 1.17. The van der Waals surface area contributed by atoms with E-state index < -0.39 is 0 Å². The lowest BCUT2D eigenvalue weighted by Crippen LogP contribution is -1.94. The molecular formula is C53H33N. The van der Waals surface area contributed by atoms with Crippen LogP contribution in [0.2, 0.25) is 0 Å². The average molecular weight is 684 g/mol. The molecule has 10 aromatic carbocycles. The Labute approximate surface area is 313 Å². The third-order valence-corrected chi connectivity index (χ3v) is 11.3. The molecule has 0 bridgehead atoms. The smallest absolute Gasteiger partial charge is 0.0273 e. The molecule has 0 N–H and O–H groups in total. The fraction of sp³-hybridized carbons (Fsp3) is 0. The first kappa shape index (κ1) is 30.5. The highest BCUT2D eigenvalue weighted by atomic mass is 14.6. The van der Waals surface area contributed by atoms with E-state index in [9.17, 15) is 0 Å². The van der Waals surface area contributed by atoms with Crippen LogP contribution in [0.15, 0.2) is 200 Å². The van der Waals surface area contributed by atoms with Gasteiger partial charge in [0.1, 0.15) is 0 Å². The Morgan fingerprint density at radius 3 is 1.15 bits per heavy atom. The Morgan fingerprint density at radius 1 is 0.241 bits per heavy atom. The van der Waals surface area contributed by atoms with Gasteiger partial charge in [-0.05, 0) is 139 Å². The van der Waals surface area contributed by atoms with Gasteiger partial charge in [-0.25, -0.2) is 0 Å². The zero-order valence-electron chi connectivity index (χ0n) is 29.5. The van der Waals surface area contributed by atoms with E-state index >= 15 is 0 Å². The first-order valence-corrected chi connectivity index (χ1v) is 18.6. The molecule has 1 nitrogen and oxygen atoms in total. The van der Waals surface area contributed by atoms with Gasteiger partial charge >= 0.3 is 0 Å². The fourth-order valence-electron chi connectivity index (χ4n) is 8.86. The van der Waals surface area contributed by atoms with Gasteiger partial charge in [-0.15, -0.1) is 0 Å². The topological polar surface area (TPSA) is 12.9 Å². The SMILES string of the molecule is c1ccc2c(c1)cc(-c1c3ccccc3c(-c3cc4ccccc4c4ccccc34)c3cc(-c4ccc(-c5ccncc5)cc4)ccc13)c1ccccc12. The zero-order valence-corrected chi connectivity index (χ0v) is 29.5. The van der Waals surface area contributed by atoms with Crippen molar-refractivity contribution in [1.29, 1.82) is 0 Å². The number of hydrogen-bond donors (Lipinski definition) is 0. The molecule has 0 saturated carbocycles. The summed E-state index contributed by atoms with van der Waals surface area (Å²) in [6.07, 6.45) is 3.70. The van der Waals surface area contributed by atoms with Crippen molar-refractivity contribution in [3.63, 3.8) is 0 Å². The van der Waals surface area contributed by atoms with E-state index in [1.807, 2.05) is 12.4 Å². The molecule has 1 heteroatoms. The van der Waals surface area contributed by atoms with Crippen LogP contribution in [-0.2, 0) is 0 Å². The number of hydrogen-bond acceptors (Lipinski definition) is 1. The third kappa shape index (κ3) is 4.76. The minimum atomic E-state index is 1.17. The van der Waals surface area contributed by atoms with E-state index in [-0.39, 0.29) is 0 Å². The summed E-state index contributed by atoms with van der Waals surface area (Å²) >= 11 is 0. The fourth-order valence-corrected chi connectivity index (χ4v) is 8.86. The molecule has 250 valence electrons. The second-order valence-corrected chi connectivity index (χ2v) is 14.3.